The van der Waals surface area contributed by atoms with Crippen LogP contribution >= 0.6 is 0 Å². The van der Waals surface area contributed by atoms with Crippen LogP contribution in [-0.4, -0.2) is 110 Å². The number of carbonyl (C=O) groups excluding carboxylic acids is 1. The number of carbonyl (C=O) groups is 2. The number of carboxylic acid groups (broad SMARTS) is 1. The van der Waals surface area contributed by atoms with Gasteiger partial charge >= 0.3 is 5.97 Å². The van der Waals surface area contributed by atoms with Gasteiger partial charge in [0.05, 0.1) is 47.3 Å². The second-order valence-electron chi connectivity index (χ2n) is 12.9. The number of pyridine rings is 1. The lowest BCUT2D eigenvalue weighted by Gasteiger charge is -2.30. The number of hydrogen-bond donors (Lipinski definition) is 1. The van der Waals surface area contributed by atoms with Gasteiger partial charge in [0.25, 0.3) is 0 Å². The molecule has 3 unspecified atom stereocenters. The zero-order valence-electron chi connectivity index (χ0n) is 26.9. The van der Waals surface area contributed by atoms with Crippen molar-refractivity contribution < 1.29 is 33.4 Å². The third-order valence-electron chi connectivity index (χ3n) is 8.69. The van der Waals surface area contributed by atoms with Crippen LogP contribution in [0.5, 0.6) is 17.2 Å². The van der Waals surface area contributed by atoms with Gasteiger partial charge in [-0.3, -0.25) is 19.3 Å². The van der Waals surface area contributed by atoms with Crippen molar-refractivity contribution >= 4 is 11.9 Å². The minimum absolute atomic E-state index is 0.0126. The Balaban J connectivity index is 1.60. The van der Waals surface area contributed by atoms with Crippen molar-refractivity contribution in [1.29, 1.82) is 0 Å². The number of aryl methyl sites for hydroxylation is 1. The molecule has 4 rings (SSSR count). The number of rotatable bonds is 16. The fourth-order valence-electron chi connectivity index (χ4n) is 6.34. The Morgan fingerprint density at radius 2 is 1.89 bits per heavy atom. The monoisotopic (exact) mass is 613 g/mol. The first-order valence-corrected chi connectivity index (χ1v) is 15.7. The number of quaternary nitrogens is 1. The van der Waals surface area contributed by atoms with Crippen LogP contribution in [0.15, 0.2) is 41.3 Å². The number of benzene rings is 1. The molecular formula is C33H49N4O7+. The molecule has 3 atom stereocenters. The Labute approximate surface area is 260 Å². The number of carboxylic acids is 1. The second kappa shape index (κ2) is 14.9. The van der Waals surface area contributed by atoms with E-state index in [1.807, 2.05) is 21.9 Å². The zero-order chi connectivity index (χ0) is 31.9. The highest BCUT2D eigenvalue weighted by Crippen LogP contribution is 2.47. The lowest BCUT2D eigenvalue weighted by Crippen LogP contribution is -2.45. The second-order valence-corrected chi connectivity index (χ2v) is 12.9. The lowest BCUT2D eigenvalue weighted by molar-refractivity contribution is -0.870. The van der Waals surface area contributed by atoms with Crippen molar-refractivity contribution in [2.45, 2.75) is 57.5 Å². The average Bonchev–Trinajstić information content (AvgIpc) is 3.60. The molecule has 0 aliphatic carbocycles. The average molecular weight is 614 g/mol. The summed E-state index contributed by atoms with van der Waals surface area (Å²) in [7, 11) is 8.05. The van der Waals surface area contributed by atoms with Gasteiger partial charge in [-0.15, -0.1) is 0 Å². The summed E-state index contributed by atoms with van der Waals surface area (Å²) in [5, 5.41) is 10.6. The van der Waals surface area contributed by atoms with Crippen molar-refractivity contribution in [1.82, 2.24) is 14.4 Å². The molecule has 0 radical (unpaired) electrons. The standard InChI is InChI=1S/C33H48N4O7/c1-6-7-14-34(16-10-11-18-37(2,3)4)30(39)22-36-21-25(24-19-27(42-5)32-28(20-24)43-23-44-32)31(33(40)41)26(36)13-17-35-15-9-8-12-29(35)38/h8-9,12,15,19-20,25-26,31H,6-7,10-11,13-14,16-18,21-23H2,1-5H3/p+1. The van der Waals surface area contributed by atoms with Crippen LogP contribution in [0.4, 0.5) is 0 Å². The van der Waals surface area contributed by atoms with Crippen LogP contribution in [0, 0.1) is 5.92 Å². The number of amides is 1. The molecule has 0 saturated carbocycles. The Kier molecular flexibility index (Phi) is 11.3. The van der Waals surface area contributed by atoms with Gasteiger partial charge < -0.3 is 33.3 Å². The molecule has 242 valence electrons. The Hall–Kier alpha value is -3.57. The number of hydrogen-bond acceptors (Lipinski definition) is 7. The summed E-state index contributed by atoms with van der Waals surface area (Å²) in [6.07, 6.45) is 5.96. The maximum atomic E-state index is 13.9. The predicted molar refractivity (Wildman–Crippen MR) is 167 cm³/mol. The van der Waals surface area contributed by atoms with E-state index in [0.717, 1.165) is 42.3 Å². The summed E-state index contributed by atoms with van der Waals surface area (Å²) >= 11 is 0. The zero-order valence-corrected chi connectivity index (χ0v) is 26.9. The van der Waals surface area contributed by atoms with E-state index >= 15 is 0 Å². The van der Waals surface area contributed by atoms with Crippen molar-refractivity contribution in [3.8, 4) is 17.2 Å². The van der Waals surface area contributed by atoms with E-state index in [9.17, 15) is 19.5 Å². The molecule has 2 aliphatic heterocycles. The van der Waals surface area contributed by atoms with Crippen LogP contribution < -0.4 is 19.8 Å². The molecule has 1 aromatic heterocycles. The normalized spacial score (nSPS) is 19.7. The smallest absolute Gasteiger partial charge is 0.308 e. The number of aliphatic carboxylic acids is 1. The molecule has 11 heteroatoms. The molecule has 2 aromatic rings. The van der Waals surface area contributed by atoms with Crippen molar-refractivity contribution in [2.75, 3.05) is 67.8 Å². The van der Waals surface area contributed by atoms with Crippen LogP contribution in [0.25, 0.3) is 0 Å². The van der Waals surface area contributed by atoms with Gasteiger partial charge in [0.15, 0.2) is 11.5 Å². The van der Waals surface area contributed by atoms with Crippen LogP contribution in [0.3, 0.4) is 0 Å². The molecule has 0 bridgehead atoms. The number of methoxy groups -OCH3 is 1. The number of ether oxygens (including phenoxy) is 3. The first-order valence-electron chi connectivity index (χ1n) is 15.7. The first-order chi connectivity index (χ1) is 21.0. The molecule has 11 nitrogen and oxygen atoms in total. The quantitative estimate of drug-likeness (QED) is 0.227. The van der Waals surface area contributed by atoms with Gasteiger partial charge in [-0.1, -0.05) is 19.4 Å². The van der Waals surface area contributed by atoms with Crippen LogP contribution in [0.2, 0.25) is 0 Å². The van der Waals surface area contributed by atoms with Crippen LogP contribution in [-0.2, 0) is 16.1 Å². The van der Waals surface area contributed by atoms with Gasteiger partial charge in [-0.2, -0.15) is 0 Å². The van der Waals surface area contributed by atoms with E-state index in [4.69, 9.17) is 14.2 Å². The minimum atomic E-state index is -0.935. The first kappa shape index (κ1) is 33.3. The predicted octanol–water partition coefficient (Wildman–Crippen LogP) is 3.26. The van der Waals surface area contributed by atoms with E-state index in [2.05, 4.69) is 28.1 Å². The molecule has 1 amide bonds. The fourth-order valence-corrected chi connectivity index (χ4v) is 6.34. The van der Waals surface area contributed by atoms with Crippen LogP contribution in [0.1, 0.15) is 50.5 Å². The van der Waals surface area contributed by atoms with Crippen molar-refractivity contribution in [3.63, 3.8) is 0 Å². The van der Waals surface area contributed by atoms with Gasteiger partial charge in [0.1, 0.15) is 0 Å². The molecule has 1 fully saturated rings. The number of fused-ring (bicyclic) bond motifs is 1. The molecule has 3 heterocycles. The molecular weight excluding hydrogens is 564 g/mol. The summed E-state index contributed by atoms with van der Waals surface area (Å²) in [5.74, 6) is -0.639. The largest absolute Gasteiger partial charge is 0.493 e. The maximum absolute atomic E-state index is 13.9. The Morgan fingerprint density at radius 1 is 1.11 bits per heavy atom. The van der Waals surface area contributed by atoms with Gasteiger partial charge in [0, 0.05) is 50.4 Å². The summed E-state index contributed by atoms with van der Waals surface area (Å²) in [6.45, 7) is 5.43. The number of likely N-dealkylation sites (tertiary alicyclic amines) is 1. The SMILES string of the molecule is CCCCN(CCCC[N+](C)(C)C)C(=O)CN1CC(c2cc(OC)c3c(c2)OCO3)C(C(=O)O)C1CCn1ccccc1=O. The molecule has 0 spiro atoms. The summed E-state index contributed by atoms with van der Waals surface area (Å²) in [6, 6.07) is 8.16. The minimum Gasteiger partial charge on any atom is -0.493 e. The molecule has 1 aromatic carbocycles. The highest BCUT2D eigenvalue weighted by Gasteiger charge is 2.47. The molecule has 1 saturated heterocycles. The van der Waals surface area contributed by atoms with E-state index in [1.165, 1.54) is 6.07 Å². The summed E-state index contributed by atoms with van der Waals surface area (Å²) in [5.41, 5.74) is 0.621. The number of nitrogens with zero attached hydrogens (tertiary/aromatic N) is 4. The van der Waals surface area contributed by atoms with E-state index in [0.29, 0.717) is 49.8 Å². The topological polar surface area (TPSA) is 111 Å². The lowest BCUT2D eigenvalue weighted by atomic mass is 9.84. The summed E-state index contributed by atoms with van der Waals surface area (Å²) < 4.78 is 19.2. The van der Waals surface area contributed by atoms with Crippen molar-refractivity contribution in [3.05, 3.63) is 52.4 Å². The third-order valence-corrected chi connectivity index (χ3v) is 8.69. The maximum Gasteiger partial charge on any atom is 0.308 e. The van der Waals surface area contributed by atoms with E-state index in [-0.39, 0.29) is 24.8 Å². The highest BCUT2D eigenvalue weighted by molar-refractivity contribution is 5.79. The van der Waals surface area contributed by atoms with E-state index < -0.39 is 23.8 Å². The Bertz CT molecular complexity index is 1340. The fraction of sp³-hybridized carbons (Fsp3) is 0.606. The highest BCUT2D eigenvalue weighted by atomic mass is 16.7. The molecule has 2 aliphatic rings. The van der Waals surface area contributed by atoms with Gasteiger partial charge in [0.2, 0.25) is 24.0 Å². The Morgan fingerprint density at radius 3 is 2.57 bits per heavy atom. The van der Waals surface area contributed by atoms with Gasteiger partial charge in [-0.25, -0.2) is 0 Å². The third kappa shape index (κ3) is 8.32. The van der Waals surface area contributed by atoms with Gasteiger partial charge in [-0.05, 0) is 49.4 Å². The van der Waals surface area contributed by atoms with E-state index in [1.54, 1.807) is 30.0 Å². The molecule has 1 N–H and O–H groups in total. The number of aromatic nitrogens is 1. The molecule has 44 heavy (non-hydrogen) atoms. The summed E-state index contributed by atoms with van der Waals surface area (Å²) in [4.78, 5) is 43.2. The number of unbranched alkanes of at least 4 members (excludes halogenated alkanes) is 2. The van der Waals surface area contributed by atoms with Crippen molar-refractivity contribution in [2.24, 2.45) is 5.92 Å².